The van der Waals surface area contributed by atoms with Crippen molar-refractivity contribution >= 4 is 11.6 Å². The zero-order chi connectivity index (χ0) is 15.2. The Hall–Kier alpha value is -1.55. The first-order valence-electron chi connectivity index (χ1n) is 7.92. The SMILES string of the molecule is CCC(C)NC(=O)CN1CCN(c2ccccc2C)CC1. The third kappa shape index (κ3) is 4.46. The molecule has 1 N–H and O–H groups in total. The summed E-state index contributed by atoms with van der Waals surface area (Å²) in [7, 11) is 0. The van der Waals surface area contributed by atoms with E-state index >= 15 is 0 Å². The standard InChI is InChI=1S/C17H27N3O/c1-4-15(3)18-17(21)13-19-9-11-20(12-10-19)16-8-6-5-7-14(16)2/h5-8,15H,4,9-13H2,1-3H3,(H,18,21). The van der Waals surface area contributed by atoms with Crippen molar-refractivity contribution in [3.63, 3.8) is 0 Å². The predicted molar refractivity (Wildman–Crippen MR) is 87.7 cm³/mol. The quantitative estimate of drug-likeness (QED) is 0.901. The molecule has 0 aromatic heterocycles. The Morgan fingerprint density at radius 3 is 2.52 bits per heavy atom. The van der Waals surface area contributed by atoms with Crippen molar-refractivity contribution in [2.75, 3.05) is 37.6 Å². The van der Waals surface area contributed by atoms with Crippen LogP contribution in [0.4, 0.5) is 5.69 Å². The molecule has 1 fully saturated rings. The highest BCUT2D eigenvalue weighted by Crippen LogP contribution is 2.20. The van der Waals surface area contributed by atoms with Crippen LogP contribution in [0, 0.1) is 6.92 Å². The van der Waals surface area contributed by atoms with E-state index in [2.05, 4.69) is 53.2 Å². The molecule has 4 heteroatoms. The molecule has 1 aromatic rings. The lowest BCUT2D eigenvalue weighted by Gasteiger charge is -2.36. The zero-order valence-electron chi connectivity index (χ0n) is 13.4. The summed E-state index contributed by atoms with van der Waals surface area (Å²) >= 11 is 0. The zero-order valence-corrected chi connectivity index (χ0v) is 13.4. The van der Waals surface area contributed by atoms with Crippen LogP contribution in [0.25, 0.3) is 0 Å². The molecule has 1 aliphatic heterocycles. The summed E-state index contributed by atoms with van der Waals surface area (Å²) in [5, 5.41) is 3.03. The Morgan fingerprint density at radius 1 is 1.24 bits per heavy atom. The summed E-state index contributed by atoms with van der Waals surface area (Å²) in [5.41, 5.74) is 2.64. The average Bonchev–Trinajstić information content (AvgIpc) is 2.48. The van der Waals surface area contributed by atoms with Crippen LogP contribution in [0.15, 0.2) is 24.3 Å². The molecule has 1 atom stereocenters. The van der Waals surface area contributed by atoms with E-state index < -0.39 is 0 Å². The highest BCUT2D eigenvalue weighted by molar-refractivity contribution is 5.78. The van der Waals surface area contributed by atoms with Gasteiger partial charge in [-0.15, -0.1) is 0 Å². The second-order valence-electron chi connectivity index (χ2n) is 5.93. The first kappa shape index (κ1) is 15.8. The fourth-order valence-electron chi connectivity index (χ4n) is 2.69. The van der Waals surface area contributed by atoms with E-state index in [9.17, 15) is 4.79 Å². The van der Waals surface area contributed by atoms with Crippen LogP contribution in [-0.4, -0.2) is 49.6 Å². The normalized spacial score (nSPS) is 17.6. The molecule has 1 unspecified atom stereocenters. The lowest BCUT2D eigenvalue weighted by molar-refractivity contribution is -0.122. The van der Waals surface area contributed by atoms with Crippen molar-refractivity contribution < 1.29 is 4.79 Å². The van der Waals surface area contributed by atoms with Crippen LogP contribution < -0.4 is 10.2 Å². The van der Waals surface area contributed by atoms with Gasteiger partial charge in [0.25, 0.3) is 0 Å². The first-order chi connectivity index (χ1) is 10.1. The van der Waals surface area contributed by atoms with Crippen LogP contribution in [0.3, 0.4) is 0 Å². The molecule has 1 amide bonds. The summed E-state index contributed by atoms with van der Waals surface area (Å²) in [6.45, 7) is 10.7. The van der Waals surface area contributed by atoms with Gasteiger partial charge in [-0.3, -0.25) is 9.69 Å². The average molecular weight is 289 g/mol. The third-order valence-electron chi connectivity index (χ3n) is 4.22. The molecular formula is C17H27N3O. The lowest BCUT2D eigenvalue weighted by atomic mass is 10.1. The van der Waals surface area contributed by atoms with E-state index in [4.69, 9.17) is 0 Å². The molecule has 0 radical (unpaired) electrons. The van der Waals surface area contributed by atoms with Gasteiger partial charge in [-0.25, -0.2) is 0 Å². The van der Waals surface area contributed by atoms with Crippen molar-refractivity contribution in [3.8, 4) is 0 Å². The van der Waals surface area contributed by atoms with Crippen molar-refractivity contribution in [3.05, 3.63) is 29.8 Å². The summed E-state index contributed by atoms with van der Waals surface area (Å²) in [6, 6.07) is 8.77. The van der Waals surface area contributed by atoms with E-state index in [0.29, 0.717) is 6.54 Å². The van der Waals surface area contributed by atoms with Crippen LogP contribution in [0.5, 0.6) is 0 Å². The second kappa shape index (κ2) is 7.46. The van der Waals surface area contributed by atoms with Gasteiger partial charge in [0.15, 0.2) is 0 Å². The number of anilines is 1. The first-order valence-corrected chi connectivity index (χ1v) is 7.92. The fourth-order valence-corrected chi connectivity index (χ4v) is 2.69. The minimum absolute atomic E-state index is 0.147. The fraction of sp³-hybridized carbons (Fsp3) is 0.588. The van der Waals surface area contributed by atoms with Gasteiger partial charge in [-0.2, -0.15) is 0 Å². The summed E-state index contributed by atoms with van der Waals surface area (Å²) in [4.78, 5) is 16.6. The molecule has 0 aliphatic carbocycles. The number of hydrogen-bond donors (Lipinski definition) is 1. The molecule has 1 saturated heterocycles. The summed E-state index contributed by atoms with van der Waals surface area (Å²) in [6.07, 6.45) is 0.979. The van der Waals surface area contributed by atoms with Gasteiger partial charge in [-0.1, -0.05) is 25.1 Å². The van der Waals surface area contributed by atoms with Crippen molar-refractivity contribution in [1.29, 1.82) is 0 Å². The number of hydrogen-bond acceptors (Lipinski definition) is 3. The monoisotopic (exact) mass is 289 g/mol. The summed E-state index contributed by atoms with van der Waals surface area (Å²) < 4.78 is 0. The number of para-hydroxylation sites is 1. The summed E-state index contributed by atoms with van der Waals surface area (Å²) in [5.74, 6) is 0.147. The number of carbonyl (C=O) groups is 1. The lowest BCUT2D eigenvalue weighted by Crippen LogP contribution is -2.50. The van der Waals surface area contributed by atoms with Crippen LogP contribution >= 0.6 is 0 Å². The number of nitrogens with zero attached hydrogens (tertiary/aromatic N) is 2. The largest absolute Gasteiger partial charge is 0.369 e. The number of rotatable bonds is 5. The molecule has 1 aromatic carbocycles. The number of aryl methyl sites for hydroxylation is 1. The Balaban J connectivity index is 1.81. The van der Waals surface area contributed by atoms with E-state index in [1.54, 1.807) is 0 Å². The smallest absolute Gasteiger partial charge is 0.234 e. The molecule has 0 saturated carbocycles. The van der Waals surface area contributed by atoms with Crippen LogP contribution in [-0.2, 0) is 4.79 Å². The number of piperazine rings is 1. The molecule has 0 bridgehead atoms. The molecular weight excluding hydrogens is 262 g/mol. The van der Waals surface area contributed by atoms with E-state index in [-0.39, 0.29) is 11.9 Å². The molecule has 116 valence electrons. The maximum absolute atomic E-state index is 11.9. The number of nitrogens with one attached hydrogen (secondary N) is 1. The maximum Gasteiger partial charge on any atom is 0.234 e. The minimum atomic E-state index is 0.147. The Labute approximate surface area is 128 Å². The van der Waals surface area contributed by atoms with E-state index in [1.165, 1.54) is 11.3 Å². The van der Waals surface area contributed by atoms with Crippen LogP contribution in [0.2, 0.25) is 0 Å². The number of carbonyl (C=O) groups excluding carboxylic acids is 1. The molecule has 1 aliphatic rings. The van der Waals surface area contributed by atoms with Gasteiger partial charge in [-0.05, 0) is 31.9 Å². The van der Waals surface area contributed by atoms with Gasteiger partial charge >= 0.3 is 0 Å². The number of amides is 1. The highest BCUT2D eigenvalue weighted by Gasteiger charge is 2.20. The number of benzene rings is 1. The van der Waals surface area contributed by atoms with Gasteiger partial charge in [0.2, 0.25) is 5.91 Å². The Kier molecular flexibility index (Phi) is 5.62. The minimum Gasteiger partial charge on any atom is -0.369 e. The van der Waals surface area contributed by atoms with Crippen molar-refractivity contribution in [2.24, 2.45) is 0 Å². The third-order valence-corrected chi connectivity index (χ3v) is 4.22. The topological polar surface area (TPSA) is 35.6 Å². The van der Waals surface area contributed by atoms with Crippen molar-refractivity contribution in [2.45, 2.75) is 33.2 Å². The van der Waals surface area contributed by atoms with Crippen LogP contribution in [0.1, 0.15) is 25.8 Å². The molecule has 1 heterocycles. The van der Waals surface area contributed by atoms with Gasteiger partial charge in [0, 0.05) is 37.9 Å². The molecule has 2 rings (SSSR count). The van der Waals surface area contributed by atoms with Gasteiger partial charge in [0.1, 0.15) is 0 Å². The molecule has 21 heavy (non-hydrogen) atoms. The predicted octanol–water partition coefficient (Wildman–Crippen LogP) is 2.03. The second-order valence-corrected chi connectivity index (χ2v) is 5.93. The Morgan fingerprint density at radius 2 is 1.90 bits per heavy atom. The van der Waals surface area contributed by atoms with E-state index in [0.717, 1.165) is 32.6 Å². The van der Waals surface area contributed by atoms with Gasteiger partial charge in [0.05, 0.1) is 6.54 Å². The molecule has 0 spiro atoms. The highest BCUT2D eigenvalue weighted by atomic mass is 16.2. The van der Waals surface area contributed by atoms with E-state index in [1.807, 2.05) is 6.92 Å². The Bertz CT molecular complexity index is 467. The van der Waals surface area contributed by atoms with Gasteiger partial charge < -0.3 is 10.2 Å². The van der Waals surface area contributed by atoms with Crippen molar-refractivity contribution in [1.82, 2.24) is 10.2 Å². The maximum atomic E-state index is 11.9. The molecule has 4 nitrogen and oxygen atoms in total.